The molecular weight excluding hydrogens is 404 g/mol. The fraction of sp³-hybridized carbons (Fsp3) is 0.462. The molecule has 0 bridgehead atoms. The molecule has 0 saturated carbocycles. The van der Waals surface area contributed by atoms with E-state index in [-0.39, 0.29) is 37.0 Å². The maximum Gasteiger partial charge on any atom is 0.323 e. The molecule has 0 saturated heterocycles. The number of ether oxygens (including phenoxy) is 2. The van der Waals surface area contributed by atoms with E-state index in [2.05, 4.69) is 10.6 Å². The van der Waals surface area contributed by atoms with Gasteiger partial charge in [0.05, 0.1) is 0 Å². The Bertz CT molecular complexity index is 740. The second-order valence-electron chi connectivity index (χ2n) is 8.54. The van der Waals surface area contributed by atoms with Crippen molar-refractivity contribution in [2.45, 2.75) is 53.0 Å². The molecule has 0 spiro atoms. The van der Waals surface area contributed by atoms with Crippen LogP contribution in [0.3, 0.4) is 0 Å². The predicted octanol–water partition coefficient (Wildman–Crippen LogP) is 3.70. The van der Waals surface area contributed by atoms with Crippen LogP contribution < -0.4 is 10.6 Å². The minimum absolute atomic E-state index is 0.0787. The van der Waals surface area contributed by atoms with Gasteiger partial charge in [-0.25, -0.2) is 0 Å². The van der Waals surface area contributed by atoms with E-state index in [0.717, 1.165) is 11.1 Å². The number of carbonyl (C=O) groups is 2. The summed E-state index contributed by atoms with van der Waals surface area (Å²) in [5.41, 5.74) is 1.91. The van der Waals surface area contributed by atoms with Crippen molar-refractivity contribution in [3.63, 3.8) is 0 Å². The van der Waals surface area contributed by atoms with E-state index < -0.39 is 12.1 Å². The van der Waals surface area contributed by atoms with Gasteiger partial charge in [0.25, 0.3) is 0 Å². The third-order valence-corrected chi connectivity index (χ3v) is 5.14. The highest BCUT2D eigenvalue weighted by atomic mass is 16.5. The molecule has 2 atom stereocenters. The van der Waals surface area contributed by atoms with Gasteiger partial charge in [-0.15, -0.1) is 0 Å². The Kier molecular flexibility index (Phi) is 10.9. The van der Waals surface area contributed by atoms with Gasteiger partial charge in [0.15, 0.2) is 0 Å². The third-order valence-electron chi connectivity index (χ3n) is 5.14. The quantitative estimate of drug-likeness (QED) is 0.365. The fourth-order valence-electron chi connectivity index (χ4n) is 3.27. The van der Waals surface area contributed by atoms with Gasteiger partial charge in [-0.1, -0.05) is 88.4 Å². The zero-order chi connectivity index (χ0) is 23.3. The van der Waals surface area contributed by atoms with Gasteiger partial charge >= 0.3 is 11.9 Å². The average Bonchev–Trinajstić information content (AvgIpc) is 2.79. The van der Waals surface area contributed by atoms with Crippen molar-refractivity contribution < 1.29 is 19.1 Å². The van der Waals surface area contributed by atoms with Crippen LogP contribution in [0.5, 0.6) is 0 Å². The number of rotatable bonds is 13. The summed E-state index contributed by atoms with van der Waals surface area (Å²) in [4.78, 5) is 25.1. The summed E-state index contributed by atoms with van der Waals surface area (Å²) in [6, 6.07) is 18.4. The topological polar surface area (TPSA) is 76.7 Å². The maximum atomic E-state index is 12.5. The minimum atomic E-state index is -0.414. The molecule has 2 rings (SSSR count). The Balaban J connectivity index is 1.77. The monoisotopic (exact) mass is 440 g/mol. The first kappa shape index (κ1) is 25.6. The minimum Gasteiger partial charge on any atom is -0.460 e. The molecule has 32 heavy (non-hydrogen) atoms. The summed E-state index contributed by atoms with van der Waals surface area (Å²) < 4.78 is 11.0. The third kappa shape index (κ3) is 8.81. The van der Waals surface area contributed by atoms with E-state index in [9.17, 15) is 9.59 Å². The van der Waals surface area contributed by atoms with Gasteiger partial charge in [-0.2, -0.15) is 0 Å². The molecule has 0 aliphatic heterocycles. The average molecular weight is 441 g/mol. The first-order valence-electron chi connectivity index (χ1n) is 11.3. The highest BCUT2D eigenvalue weighted by Crippen LogP contribution is 2.09. The van der Waals surface area contributed by atoms with Crippen molar-refractivity contribution in [2.24, 2.45) is 11.8 Å². The number of esters is 2. The van der Waals surface area contributed by atoms with Crippen LogP contribution in [0, 0.1) is 11.8 Å². The molecular formula is C26H36N2O4. The summed E-state index contributed by atoms with van der Waals surface area (Å²) in [7, 11) is 0. The SMILES string of the molecule is CC(C)C(NCCNC(C(=O)OCc1ccccc1)C(C)C)C(=O)OCc1ccccc1. The number of hydrogen-bond donors (Lipinski definition) is 2. The Morgan fingerprint density at radius 2 is 1.00 bits per heavy atom. The lowest BCUT2D eigenvalue weighted by atomic mass is 10.0. The second kappa shape index (κ2) is 13.7. The highest BCUT2D eigenvalue weighted by molar-refractivity contribution is 5.76. The number of benzene rings is 2. The molecule has 0 radical (unpaired) electrons. The molecule has 0 heterocycles. The van der Waals surface area contributed by atoms with Crippen molar-refractivity contribution in [3.8, 4) is 0 Å². The summed E-state index contributed by atoms with van der Waals surface area (Å²) in [6.45, 7) is 9.48. The first-order chi connectivity index (χ1) is 15.4. The van der Waals surface area contributed by atoms with Crippen LogP contribution in [0.1, 0.15) is 38.8 Å². The molecule has 0 aromatic heterocycles. The smallest absolute Gasteiger partial charge is 0.323 e. The summed E-state index contributed by atoms with van der Waals surface area (Å²) in [5.74, 6) is -0.386. The molecule has 0 fully saturated rings. The lowest BCUT2D eigenvalue weighted by molar-refractivity contribution is -0.150. The van der Waals surface area contributed by atoms with E-state index >= 15 is 0 Å². The number of nitrogens with one attached hydrogen (secondary N) is 2. The molecule has 6 nitrogen and oxygen atoms in total. The largest absolute Gasteiger partial charge is 0.460 e. The lowest BCUT2D eigenvalue weighted by Crippen LogP contribution is -2.48. The number of hydrogen-bond acceptors (Lipinski definition) is 6. The predicted molar refractivity (Wildman–Crippen MR) is 126 cm³/mol. The standard InChI is InChI=1S/C26H36N2O4/c1-19(2)23(25(29)31-17-21-11-7-5-8-12-21)27-15-16-28-24(20(3)4)26(30)32-18-22-13-9-6-10-14-22/h5-14,19-20,23-24,27-28H,15-18H2,1-4H3. The molecule has 2 aromatic carbocycles. The van der Waals surface area contributed by atoms with Crippen LogP contribution in [0.25, 0.3) is 0 Å². The molecule has 2 aromatic rings. The lowest BCUT2D eigenvalue weighted by Gasteiger charge is -2.23. The van der Waals surface area contributed by atoms with Crippen LogP contribution in [0.2, 0.25) is 0 Å². The van der Waals surface area contributed by atoms with E-state index in [1.54, 1.807) is 0 Å². The Morgan fingerprint density at radius 3 is 1.31 bits per heavy atom. The molecule has 0 aliphatic rings. The molecule has 0 amide bonds. The van der Waals surface area contributed by atoms with Gasteiger partial charge < -0.3 is 20.1 Å². The Hall–Kier alpha value is -2.70. The summed E-state index contributed by atoms with van der Waals surface area (Å²) in [6.07, 6.45) is 0. The van der Waals surface area contributed by atoms with Crippen molar-refractivity contribution >= 4 is 11.9 Å². The van der Waals surface area contributed by atoms with E-state index in [1.165, 1.54) is 0 Å². The van der Waals surface area contributed by atoms with Crippen LogP contribution in [0.4, 0.5) is 0 Å². The van der Waals surface area contributed by atoms with Gasteiger partial charge in [0.1, 0.15) is 25.3 Å². The highest BCUT2D eigenvalue weighted by Gasteiger charge is 2.25. The fourth-order valence-corrected chi connectivity index (χ4v) is 3.27. The van der Waals surface area contributed by atoms with E-state index in [4.69, 9.17) is 9.47 Å². The zero-order valence-electron chi connectivity index (χ0n) is 19.5. The molecule has 2 unspecified atom stereocenters. The van der Waals surface area contributed by atoms with Crippen molar-refractivity contribution in [1.82, 2.24) is 10.6 Å². The van der Waals surface area contributed by atoms with Crippen LogP contribution in [-0.4, -0.2) is 37.1 Å². The summed E-state index contributed by atoms with van der Waals surface area (Å²) >= 11 is 0. The van der Waals surface area contributed by atoms with Crippen LogP contribution >= 0.6 is 0 Å². The van der Waals surface area contributed by atoms with Gasteiger partial charge in [0, 0.05) is 13.1 Å². The van der Waals surface area contributed by atoms with Gasteiger partial charge in [-0.05, 0) is 23.0 Å². The number of carbonyl (C=O) groups excluding carboxylic acids is 2. The zero-order valence-corrected chi connectivity index (χ0v) is 19.5. The second-order valence-corrected chi connectivity index (χ2v) is 8.54. The summed E-state index contributed by atoms with van der Waals surface area (Å²) in [5, 5.41) is 6.51. The van der Waals surface area contributed by atoms with Crippen LogP contribution in [-0.2, 0) is 32.3 Å². The van der Waals surface area contributed by atoms with Crippen molar-refractivity contribution in [3.05, 3.63) is 71.8 Å². The van der Waals surface area contributed by atoms with Crippen molar-refractivity contribution in [2.75, 3.05) is 13.1 Å². The molecule has 174 valence electrons. The molecule has 0 aliphatic carbocycles. The van der Waals surface area contributed by atoms with Crippen molar-refractivity contribution in [1.29, 1.82) is 0 Å². The molecule has 6 heteroatoms. The first-order valence-corrected chi connectivity index (χ1v) is 11.3. The van der Waals surface area contributed by atoms with E-state index in [0.29, 0.717) is 13.1 Å². The van der Waals surface area contributed by atoms with E-state index in [1.807, 2.05) is 88.4 Å². The Morgan fingerprint density at radius 1 is 0.656 bits per heavy atom. The Labute approximate surface area is 191 Å². The normalized spacial score (nSPS) is 13.1. The van der Waals surface area contributed by atoms with Gasteiger partial charge in [0.2, 0.25) is 0 Å². The van der Waals surface area contributed by atoms with Crippen LogP contribution in [0.15, 0.2) is 60.7 Å². The van der Waals surface area contributed by atoms with Gasteiger partial charge in [-0.3, -0.25) is 9.59 Å². The molecule has 2 N–H and O–H groups in total. The maximum absolute atomic E-state index is 12.5.